The first kappa shape index (κ1) is 17.0. The molecule has 1 heterocycles. The molecule has 0 atom stereocenters. The maximum atomic E-state index is 12.1. The number of anilines is 1. The van der Waals surface area contributed by atoms with Gasteiger partial charge >= 0.3 is 6.03 Å². The minimum absolute atomic E-state index is 0.158. The van der Waals surface area contributed by atoms with Gasteiger partial charge in [0.2, 0.25) is 5.95 Å². The lowest BCUT2D eigenvalue weighted by Gasteiger charge is -2.27. The number of hydrogen-bond donors (Lipinski definition) is 2. The monoisotopic (exact) mass is 315 g/mol. The summed E-state index contributed by atoms with van der Waals surface area (Å²) in [4.78, 5) is 16.3. The molecule has 6 heteroatoms. The SMILES string of the molecule is CCc1nc(NC(=O)NCC(C)(C)c2ccccc2C)nn1C. The van der Waals surface area contributed by atoms with E-state index in [9.17, 15) is 4.79 Å². The third-order valence-electron chi connectivity index (χ3n) is 3.96. The van der Waals surface area contributed by atoms with Crippen LogP contribution in [0.2, 0.25) is 0 Å². The zero-order valence-corrected chi connectivity index (χ0v) is 14.5. The number of nitrogens with one attached hydrogen (secondary N) is 2. The minimum atomic E-state index is -0.292. The summed E-state index contributed by atoms with van der Waals surface area (Å²) >= 11 is 0. The van der Waals surface area contributed by atoms with E-state index in [0.717, 1.165) is 12.2 Å². The van der Waals surface area contributed by atoms with Crippen molar-refractivity contribution >= 4 is 12.0 Å². The smallest absolute Gasteiger partial charge is 0.321 e. The van der Waals surface area contributed by atoms with Crippen molar-refractivity contribution in [3.05, 3.63) is 41.2 Å². The molecule has 2 amide bonds. The van der Waals surface area contributed by atoms with E-state index < -0.39 is 0 Å². The van der Waals surface area contributed by atoms with Crippen molar-refractivity contribution in [1.29, 1.82) is 0 Å². The summed E-state index contributed by atoms with van der Waals surface area (Å²) in [5, 5.41) is 9.76. The van der Waals surface area contributed by atoms with Gasteiger partial charge in [0.05, 0.1) is 0 Å². The fraction of sp³-hybridized carbons (Fsp3) is 0.471. The first-order chi connectivity index (χ1) is 10.8. The largest absolute Gasteiger partial charge is 0.337 e. The molecule has 0 fully saturated rings. The van der Waals surface area contributed by atoms with Crippen LogP contribution in [0.1, 0.15) is 37.7 Å². The van der Waals surface area contributed by atoms with Gasteiger partial charge in [-0.05, 0) is 18.1 Å². The second-order valence-corrected chi connectivity index (χ2v) is 6.34. The summed E-state index contributed by atoms with van der Waals surface area (Å²) in [6, 6.07) is 7.94. The van der Waals surface area contributed by atoms with Gasteiger partial charge in [0.15, 0.2) is 0 Å². The molecular weight excluding hydrogens is 290 g/mol. The highest BCUT2D eigenvalue weighted by molar-refractivity contribution is 5.87. The Morgan fingerprint density at radius 1 is 1.30 bits per heavy atom. The van der Waals surface area contributed by atoms with E-state index in [1.54, 1.807) is 4.68 Å². The predicted octanol–water partition coefficient (Wildman–Crippen LogP) is 2.79. The van der Waals surface area contributed by atoms with Crippen LogP contribution in [0.3, 0.4) is 0 Å². The van der Waals surface area contributed by atoms with E-state index in [1.807, 2.05) is 26.1 Å². The molecule has 2 aromatic rings. The second-order valence-electron chi connectivity index (χ2n) is 6.34. The van der Waals surface area contributed by atoms with Gasteiger partial charge in [-0.3, -0.25) is 10.00 Å². The lowest BCUT2D eigenvalue weighted by Crippen LogP contribution is -2.39. The van der Waals surface area contributed by atoms with Gasteiger partial charge in [-0.2, -0.15) is 4.98 Å². The standard InChI is InChI=1S/C17H25N5O/c1-6-14-19-15(21-22(14)5)20-16(23)18-11-17(3,4)13-10-8-7-9-12(13)2/h7-10H,6,11H2,1-5H3,(H2,18,20,21,23). The molecule has 0 aliphatic heterocycles. The number of aromatic nitrogens is 3. The molecule has 2 N–H and O–H groups in total. The zero-order chi connectivity index (χ0) is 17.0. The Bertz CT molecular complexity index is 690. The van der Waals surface area contributed by atoms with E-state index in [0.29, 0.717) is 12.5 Å². The second kappa shape index (κ2) is 6.81. The molecule has 0 saturated carbocycles. The van der Waals surface area contributed by atoms with Crippen molar-refractivity contribution in [2.45, 2.75) is 39.5 Å². The van der Waals surface area contributed by atoms with E-state index in [2.05, 4.69) is 53.6 Å². The number of carbonyl (C=O) groups is 1. The third kappa shape index (κ3) is 4.09. The molecule has 124 valence electrons. The van der Waals surface area contributed by atoms with E-state index >= 15 is 0 Å². The number of nitrogens with zero attached hydrogens (tertiary/aromatic N) is 3. The van der Waals surface area contributed by atoms with Crippen LogP contribution < -0.4 is 10.6 Å². The zero-order valence-electron chi connectivity index (χ0n) is 14.5. The van der Waals surface area contributed by atoms with Crippen molar-refractivity contribution in [2.75, 3.05) is 11.9 Å². The first-order valence-corrected chi connectivity index (χ1v) is 7.84. The Kier molecular flexibility index (Phi) is 5.03. The van der Waals surface area contributed by atoms with Crippen LogP contribution in [0.15, 0.2) is 24.3 Å². The number of rotatable bonds is 5. The minimum Gasteiger partial charge on any atom is -0.337 e. The third-order valence-corrected chi connectivity index (χ3v) is 3.96. The molecule has 0 unspecified atom stereocenters. The summed E-state index contributed by atoms with van der Waals surface area (Å²) in [7, 11) is 1.82. The molecule has 0 spiro atoms. The van der Waals surface area contributed by atoms with E-state index in [1.165, 1.54) is 11.1 Å². The van der Waals surface area contributed by atoms with Crippen molar-refractivity contribution in [3.8, 4) is 0 Å². The number of benzene rings is 1. The van der Waals surface area contributed by atoms with E-state index in [-0.39, 0.29) is 11.4 Å². The van der Waals surface area contributed by atoms with Crippen LogP contribution in [0, 0.1) is 6.92 Å². The Morgan fingerprint density at radius 2 is 2.00 bits per heavy atom. The molecule has 23 heavy (non-hydrogen) atoms. The summed E-state index contributed by atoms with van der Waals surface area (Å²) in [6.45, 7) is 8.84. The summed E-state index contributed by atoms with van der Waals surface area (Å²) in [5.74, 6) is 1.16. The normalized spacial score (nSPS) is 11.3. The van der Waals surface area contributed by atoms with Gasteiger partial charge in [-0.1, -0.05) is 45.0 Å². The molecule has 1 aromatic heterocycles. The highest BCUT2D eigenvalue weighted by Crippen LogP contribution is 2.25. The lowest BCUT2D eigenvalue weighted by molar-refractivity contribution is 0.249. The van der Waals surface area contributed by atoms with Crippen LogP contribution in [-0.2, 0) is 18.9 Å². The van der Waals surface area contributed by atoms with Crippen LogP contribution >= 0.6 is 0 Å². The van der Waals surface area contributed by atoms with Crippen LogP contribution in [0.4, 0.5) is 10.7 Å². The molecule has 1 aromatic carbocycles. The number of carbonyl (C=O) groups excluding carboxylic acids is 1. The quantitative estimate of drug-likeness (QED) is 0.891. The van der Waals surface area contributed by atoms with Gasteiger partial charge in [0.25, 0.3) is 0 Å². The average molecular weight is 315 g/mol. The van der Waals surface area contributed by atoms with Crippen molar-refractivity contribution in [2.24, 2.45) is 7.05 Å². The highest BCUT2D eigenvalue weighted by atomic mass is 16.2. The maximum absolute atomic E-state index is 12.1. The van der Waals surface area contributed by atoms with Crippen LogP contribution in [-0.4, -0.2) is 27.3 Å². The Balaban J connectivity index is 1.96. The molecule has 2 rings (SSSR count). The van der Waals surface area contributed by atoms with E-state index in [4.69, 9.17) is 0 Å². The molecule has 0 radical (unpaired) electrons. The van der Waals surface area contributed by atoms with Crippen molar-refractivity contribution in [1.82, 2.24) is 20.1 Å². The van der Waals surface area contributed by atoms with Gasteiger partial charge in [-0.15, -0.1) is 5.10 Å². The van der Waals surface area contributed by atoms with Crippen molar-refractivity contribution < 1.29 is 4.79 Å². The molecule has 0 aliphatic rings. The molecule has 6 nitrogen and oxygen atoms in total. The summed E-state index contributed by atoms with van der Waals surface area (Å²) < 4.78 is 1.67. The Morgan fingerprint density at radius 3 is 2.61 bits per heavy atom. The fourth-order valence-corrected chi connectivity index (χ4v) is 2.65. The Hall–Kier alpha value is -2.37. The molecule has 0 bridgehead atoms. The van der Waals surface area contributed by atoms with Gasteiger partial charge in [0, 0.05) is 25.4 Å². The number of urea groups is 1. The fourth-order valence-electron chi connectivity index (χ4n) is 2.65. The van der Waals surface area contributed by atoms with Gasteiger partial charge in [0.1, 0.15) is 5.82 Å². The average Bonchev–Trinajstić information content (AvgIpc) is 2.85. The Labute approximate surface area is 137 Å². The predicted molar refractivity (Wildman–Crippen MR) is 91.6 cm³/mol. The maximum Gasteiger partial charge on any atom is 0.321 e. The van der Waals surface area contributed by atoms with Crippen LogP contribution in [0.25, 0.3) is 0 Å². The number of aryl methyl sites for hydroxylation is 3. The van der Waals surface area contributed by atoms with Crippen LogP contribution in [0.5, 0.6) is 0 Å². The van der Waals surface area contributed by atoms with Crippen molar-refractivity contribution in [3.63, 3.8) is 0 Å². The summed E-state index contributed by atoms with van der Waals surface area (Å²) in [6.07, 6.45) is 0.771. The first-order valence-electron chi connectivity index (χ1n) is 7.84. The van der Waals surface area contributed by atoms with Gasteiger partial charge in [-0.25, -0.2) is 4.79 Å². The molecule has 0 aliphatic carbocycles. The highest BCUT2D eigenvalue weighted by Gasteiger charge is 2.23. The molecule has 0 saturated heterocycles. The number of hydrogen-bond acceptors (Lipinski definition) is 3. The topological polar surface area (TPSA) is 71.8 Å². The summed E-state index contributed by atoms with van der Waals surface area (Å²) in [5.41, 5.74) is 2.29. The van der Waals surface area contributed by atoms with Gasteiger partial charge < -0.3 is 5.32 Å². The lowest BCUT2D eigenvalue weighted by atomic mass is 9.82. The molecular formula is C17H25N5O. The number of amides is 2.